The first-order valence-electron chi connectivity index (χ1n) is 1.11. The van der Waals surface area contributed by atoms with Crippen LogP contribution in [0, 0.1) is 0 Å². The van der Waals surface area contributed by atoms with Crippen molar-refractivity contribution in [1.29, 1.82) is 0 Å². The van der Waals surface area contributed by atoms with Gasteiger partial charge in [-0.3, -0.25) is 0 Å². The average Bonchev–Trinajstić information content (AvgIpc) is 1.76. The smallest absolute Gasteiger partial charge is 0.155 e. The van der Waals surface area contributed by atoms with Gasteiger partial charge in [-0.25, -0.2) is 0 Å². The molecule has 0 aromatic heterocycles. The molecule has 3 heteroatoms. The van der Waals surface area contributed by atoms with Crippen LogP contribution in [0.15, 0.2) is 5.16 Å². The lowest BCUT2D eigenvalue weighted by atomic mass is 11.7. The van der Waals surface area contributed by atoms with Crippen LogP contribution in [0.4, 0.5) is 0 Å². The van der Waals surface area contributed by atoms with Gasteiger partial charge in [0.05, 0.1) is 0 Å². The molecule has 0 bridgehead atoms. The van der Waals surface area contributed by atoms with E-state index in [1.165, 1.54) is 0 Å². The van der Waals surface area contributed by atoms with Crippen molar-refractivity contribution in [2.45, 2.75) is 0 Å². The molecule has 0 aromatic carbocycles. The molecule has 1 heterocycles. The summed E-state index contributed by atoms with van der Waals surface area (Å²) >= 11 is 0.103. The fourth-order valence-electron chi connectivity index (χ4n) is 0.115. The second kappa shape index (κ2) is 1.49. The lowest BCUT2D eigenvalue weighted by Gasteiger charge is -1.68. The molecule has 0 N–H and O–H groups in total. The van der Waals surface area contributed by atoms with E-state index < -0.39 is 0 Å². The molecule has 0 radical (unpaired) electrons. The van der Waals surface area contributed by atoms with Crippen molar-refractivity contribution in [1.82, 2.24) is 0 Å². The first-order chi connectivity index (χ1) is 2.50. The van der Waals surface area contributed by atoms with Gasteiger partial charge in [0.2, 0.25) is 0 Å². The zero-order valence-electron chi connectivity index (χ0n) is 2.39. The van der Waals surface area contributed by atoms with Gasteiger partial charge in [-0.05, 0) is 20.7 Å². The standard InChI is InChI=1S/C2H2INO/c1-3-2-5-4-1/h1-2H. The Labute approximate surface area is 39.6 Å². The van der Waals surface area contributed by atoms with Crippen molar-refractivity contribution < 1.29 is 4.84 Å². The third-order valence-electron chi connectivity index (χ3n) is 0.248. The summed E-state index contributed by atoms with van der Waals surface area (Å²) in [5.41, 5.74) is 0. The van der Waals surface area contributed by atoms with E-state index in [1.54, 1.807) is 4.20 Å². The molecule has 0 unspecified atom stereocenters. The maximum atomic E-state index is 4.44. The third kappa shape index (κ3) is 0.678. The van der Waals surface area contributed by atoms with E-state index in [1.807, 2.05) is 4.22 Å². The predicted molar refractivity (Wildman–Crippen MR) is 29.7 cm³/mol. The number of hydrogen-bond donors (Lipinski definition) is 0. The van der Waals surface area contributed by atoms with Crippen molar-refractivity contribution in [3.8, 4) is 0 Å². The van der Waals surface area contributed by atoms with Gasteiger partial charge in [0.15, 0.2) is 4.20 Å². The number of nitrogens with zero attached hydrogens (tertiary/aromatic N) is 1. The highest BCUT2D eigenvalue weighted by Crippen LogP contribution is 1.94. The van der Waals surface area contributed by atoms with E-state index in [2.05, 4.69) is 9.99 Å². The summed E-state index contributed by atoms with van der Waals surface area (Å²) in [7, 11) is 0. The number of oxime groups is 1. The normalized spacial score (nSPS) is 17.6. The van der Waals surface area contributed by atoms with Gasteiger partial charge in [0, 0.05) is 0 Å². The summed E-state index contributed by atoms with van der Waals surface area (Å²) in [6, 6.07) is 0. The fourth-order valence-corrected chi connectivity index (χ4v) is 0.772. The predicted octanol–water partition coefficient (Wildman–Crippen LogP) is 0.690. The van der Waals surface area contributed by atoms with Crippen LogP contribution in [-0.2, 0) is 4.84 Å². The van der Waals surface area contributed by atoms with Crippen LogP contribution in [0.2, 0.25) is 0 Å². The molecular formula is C2H2INO. The van der Waals surface area contributed by atoms with Gasteiger partial charge in [-0.1, -0.05) is 5.16 Å². The van der Waals surface area contributed by atoms with Gasteiger partial charge in [-0.15, -0.1) is 0 Å². The Hall–Kier alpha value is 0.0700. The van der Waals surface area contributed by atoms with Crippen molar-refractivity contribution in [2.24, 2.45) is 5.16 Å². The first kappa shape index (κ1) is 3.27. The Morgan fingerprint density at radius 2 is 2.80 bits per heavy atom. The SMILES string of the molecule is C1=NOC=I1. The third-order valence-corrected chi connectivity index (χ3v) is 1.32. The van der Waals surface area contributed by atoms with Gasteiger partial charge in [0.1, 0.15) is 4.22 Å². The summed E-state index contributed by atoms with van der Waals surface area (Å²) < 4.78 is 3.57. The molecule has 0 spiro atoms. The molecule has 0 fully saturated rings. The van der Waals surface area contributed by atoms with E-state index in [-0.39, 0.29) is 20.7 Å². The molecule has 1 aliphatic rings. The molecule has 0 saturated heterocycles. The Kier molecular flexibility index (Phi) is 0.975. The van der Waals surface area contributed by atoms with Gasteiger partial charge >= 0.3 is 0 Å². The minimum absolute atomic E-state index is 0.103. The van der Waals surface area contributed by atoms with Crippen LogP contribution in [0.25, 0.3) is 0 Å². The van der Waals surface area contributed by atoms with Crippen molar-refractivity contribution in [2.75, 3.05) is 0 Å². The first-order valence-corrected chi connectivity index (χ1v) is 3.60. The van der Waals surface area contributed by atoms with Crippen LogP contribution in [-0.4, -0.2) is 8.42 Å². The Balaban J connectivity index is 2.61. The maximum absolute atomic E-state index is 4.44. The molecule has 1 rings (SSSR count). The largest absolute Gasteiger partial charge is 0.358 e. The van der Waals surface area contributed by atoms with Crippen LogP contribution >= 0.6 is 20.7 Å². The van der Waals surface area contributed by atoms with Crippen LogP contribution < -0.4 is 0 Å². The summed E-state index contributed by atoms with van der Waals surface area (Å²) in [5, 5.41) is 3.45. The number of halogens is 1. The summed E-state index contributed by atoms with van der Waals surface area (Å²) in [5.74, 6) is 0. The molecule has 0 aliphatic carbocycles. The highest BCUT2D eigenvalue weighted by atomic mass is 127. The minimum atomic E-state index is 0.103. The van der Waals surface area contributed by atoms with Crippen molar-refractivity contribution in [3.05, 3.63) is 0 Å². The van der Waals surface area contributed by atoms with E-state index >= 15 is 0 Å². The average molecular weight is 183 g/mol. The number of hydrogen-bond acceptors (Lipinski definition) is 2. The highest BCUT2D eigenvalue weighted by molar-refractivity contribution is 14.2. The van der Waals surface area contributed by atoms with E-state index in [4.69, 9.17) is 0 Å². The lowest BCUT2D eigenvalue weighted by Crippen LogP contribution is -1.58. The molecule has 0 saturated carbocycles. The lowest BCUT2D eigenvalue weighted by molar-refractivity contribution is 0.360. The minimum Gasteiger partial charge on any atom is -0.358 e. The van der Waals surface area contributed by atoms with Crippen LogP contribution in [0.1, 0.15) is 0 Å². The molecule has 0 amide bonds. The number of rotatable bonds is 0. The molecule has 5 heavy (non-hydrogen) atoms. The molecule has 1 aliphatic heterocycles. The molecule has 2 nitrogen and oxygen atoms in total. The van der Waals surface area contributed by atoms with Gasteiger partial charge in [0.25, 0.3) is 0 Å². The van der Waals surface area contributed by atoms with E-state index in [0.717, 1.165) is 0 Å². The van der Waals surface area contributed by atoms with Gasteiger partial charge in [-0.2, -0.15) is 0 Å². The van der Waals surface area contributed by atoms with Crippen molar-refractivity contribution >= 4 is 29.1 Å². The molecular weight excluding hydrogens is 181 g/mol. The Morgan fingerprint density at radius 3 is 3.00 bits per heavy atom. The summed E-state index contributed by atoms with van der Waals surface area (Å²) in [6.07, 6.45) is 0. The second-order valence-corrected chi connectivity index (χ2v) is 2.31. The van der Waals surface area contributed by atoms with Crippen LogP contribution in [0.5, 0.6) is 0 Å². The van der Waals surface area contributed by atoms with E-state index in [9.17, 15) is 0 Å². The van der Waals surface area contributed by atoms with Gasteiger partial charge < -0.3 is 4.84 Å². The second-order valence-electron chi connectivity index (χ2n) is 0.523. The fraction of sp³-hybridized carbons (Fsp3) is 0. The Bertz CT molecular complexity index is 67.7. The molecule has 0 atom stereocenters. The topological polar surface area (TPSA) is 21.6 Å². The van der Waals surface area contributed by atoms with Crippen LogP contribution in [0.3, 0.4) is 0 Å². The summed E-state index contributed by atoms with van der Waals surface area (Å²) in [6.45, 7) is 0. The monoisotopic (exact) mass is 183 g/mol. The zero-order chi connectivity index (χ0) is 3.54. The summed E-state index contributed by atoms with van der Waals surface area (Å²) in [4.78, 5) is 4.44. The highest BCUT2D eigenvalue weighted by Gasteiger charge is 1.73. The quantitative estimate of drug-likeness (QED) is 0.506. The zero-order valence-corrected chi connectivity index (χ0v) is 4.55. The Morgan fingerprint density at radius 1 is 1.80 bits per heavy atom. The molecule has 0 aromatic rings. The van der Waals surface area contributed by atoms with Crippen molar-refractivity contribution in [3.63, 3.8) is 0 Å². The maximum Gasteiger partial charge on any atom is 0.155 e. The molecule has 28 valence electrons. The van der Waals surface area contributed by atoms with E-state index in [0.29, 0.717) is 0 Å².